The Morgan fingerprint density at radius 3 is 1.66 bits per heavy atom. The maximum absolute atomic E-state index is 13.7. The third kappa shape index (κ3) is 11.4. The molecule has 6 rings (SSSR count). The zero-order valence-corrected chi connectivity index (χ0v) is 36.2. The summed E-state index contributed by atoms with van der Waals surface area (Å²) < 4.78 is 15.0. The highest BCUT2D eigenvalue weighted by atomic mass is 16.5. The molecule has 3 aliphatic heterocycles. The van der Waals surface area contributed by atoms with Crippen molar-refractivity contribution < 1.29 is 43.0 Å². The van der Waals surface area contributed by atoms with Crippen molar-refractivity contribution in [2.75, 3.05) is 56.1 Å². The summed E-state index contributed by atoms with van der Waals surface area (Å²) in [5, 5.41) is 11.3. The van der Waals surface area contributed by atoms with Crippen molar-refractivity contribution in [2.45, 2.75) is 90.1 Å². The Balaban J connectivity index is 1.07. The molecule has 3 aromatic carbocycles. The van der Waals surface area contributed by atoms with Crippen LogP contribution >= 0.6 is 0 Å². The number of hydrogen-bond acceptors (Lipinski definition) is 10. The van der Waals surface area contributed by atoms with Crippen LogP contribution in [0.4, 0.5) is 26.7 Å². The number of methoxy groups -OCH3 is 2. The van der Waals surface area contributed by atoms with E-state index >= 15 is 0 Å². The number of benzene rings is 3. The number of carbonyl (C=O) groups is 6. The molecule has 3 fully saturated rings. The lowest BCUT2D eigenvalue weighted by atomic mass is 9.85. The molecule has 16 heteroatoms. The number of ether oxygens (including phenoxy) is 3. The van der Waals surface area contributed by atoms with E-state index in [1.807, 2.05) is 99.6 Å². The normalized spacial score (nSPS) is 19.5. The lowest BCUT2D eigenvalue weighted by Crippen LogP contribution is -2.57. The van der Waals surface area contributed by atoms with Crippen molar-refractivity contribution in [1.29, 1.82) is 0 Å². The van der Waals surface area contributed by atoms with Crippen molar-refractivity contribution >= 4 is 52.9 Å². The molecule has 4 N–H and O–H groups in total. The average Bonchev–Trinajstić information content (AvgIpc) is 4.09. The Hall–Kier alpha value is -6.16. The summed E-state index contributed by atoms with van der Waals surface area (Å²) in [6.07, 6.45) is 1.57. The number of hydrogen-bond donors (Lipinski definition) is 4. The minimum Gasteiger partial charge on any atom is -0.453 e. The molecule has 5 unspecified atom stereocenters. The highest BCUT2D eigenvalue weighted by Gasteiger charge is 2.43. The SMILES string of the molecule is COC(=O)NC(C(=O)N1CCCC1C(=O)Nc1ccc(CN(Cc2ccc(NC(=O)C3CCCN3C(=O)C(NC(=O)OC)C(C)(C)C)cc2)c2ccccc2)cc1)C1CCOC1. The monoisotopic (exact) mass is 853 g/mol. The number of nitrogens with one attached hydrogen (secondary N) is 4. The minimum absolute atomic E-state index is 0.207. The van der Waals surface area contributed by atoms with Gasteiger partial charge >= 0.3 is 12.2 Å². The van der Waals surface area contributed by atoms with E-state index in [1.54, 1.807) is 9.80 Å². The number of anilines is 3. The van der Waals surface area contributed by atoms with E-state index in [2.05, 4.69) is 26.2 Å². The molecule has 62 heavy (non-hydrogen) atoms. The second-order valence-electron chi connectivity index (χ2n) is 17.1. The van der Waals surface area contributed by atoms with Gasteiger partial charge in [-0.05, 0) is 85.0 Å². The minimum atomic E-state index is -0.864. The number of amides is 6. The summed E-state index contributed by atoms with van der Waals surface area (Å²) in [5.74, 6) is -1.42. The van der Waals surface area contributed by atoms with Gasteiger partial charge in [0.25, 0.3) is 0 Å². The summed E-state index contributed by atoms with van der Waals surface area (Å²) in [6.45, 7) is 8.35. The molecule has 0 bridgehead atoms. The van der Waals surface area contributed by atoms with Crippen LogP contribution in [0.5, 0.6) is 0 Å². The fourth-order valence-corrected chi connectivity index (χ4v) is 8.31. The highest BCUT2D eigenvalue weighted by molar-refractivity contribution is 5.99. The first kappa shape index (κ1) is 45.4. The molecule has 0 radical (unpaired) electrons. The first-order chi connectivity index (χ1) is 29.7. The quantitative estimate of drug-likeness (QED) is 0.166. The van der Waals surface area contributed by atoms with Crippen LogP contribution in [-0.2, 0) is 46.5 Å². The standard InChI is InChI=1S/C46H59N7O9/c1-46(2,3)39(50-45(59)61-5)43(57)53-25-10-14-37(53)41(55)48-34-21-17-31(18-22-34)28-51(35-11-7-6-8-12-35)27-30-15-19-33(20-16-30)47-40(54)36-13-9-24-52(36)42(56)38(49-44(58)60-4)32-23-26-62-29-32/h6-8,11-12,15-22,32,36-39H,9-10,13-14,23-29H2,1-5H3,(H,47,54)(H,48,55)(H,49,58)(H,50,59). The van der Waals surface area contributed by atoms with E-state index in [1.165, 1.54) is 14.2 Å². The van der Waals surface area contributed by atoms with Gasteiger partial charge in [0.15, 0.2) is 0 Å². The Bertz CT molecular complexity index is 2040. The van der Waals surface area contributed by atoms with Gasteiger partial charge in [0.2, 0.25) is 23.6 Å². The van der Waals surface area contributed by atoms with Crippen LogP contribution in [0.3, 0.4) is 0 Å². The van der Waals surface area contributed by atoms with Gasteiger partial charge in [0, 0.05) is 55.8 Å². The van der Waals surface area contributed by atoms with Crippen molar-refractivity contribution in [3.8, 4) is 0 Å². The largest absolute Gasteiger partial charge is 0.453 e. The summed E-state index contributed by atoms with van der Waals surface area (Å²) >= 11 is 0. The van der Waals surface area contributed by atoms with Gasteiger partial charge in [-0.1, -0.05) is 63.2 Å². The van der Waals surface area contributed by atoms with E-state index in [9.17, 15) is 28.8 Å². The predicted molar refractivity (Wildman–Crippen MR) is 233 cm³/mol. The summed E-state index contributed by atoms with van der Waals surface area (Å²) in [6, 6.07) is 22.2. The van der Waals surface area contributed by atoms with Crippen LogP contribution in [0, 0.1) is 11.3 Å². The molecule has 6 amide bonds. The number of para-hydroxylation sites is 1. The van der Waals surface area contributed by atoms with E-state index in [0.29, 0.717) is 82.9 Å². The predicted octanol–water partition coefficient (Wildman–Crippen LogP) is 5.28. The summed E-state index contributed by atoms with van der Waals surface area (Å²) in [7, 11) is 2.50. The average molecular weight is 854 g/mol. The van der Waals surface area contributed by atoms with Crippen molar-refractivity contribution in [1.82, 2.24) is 20.4 Å². The smallest absolute Gasteiger partial charge is 0.407 e. The number of likely N-dealkylation sites (tertiary alicyclic amines) is 2. The summed E-state index contributed by atoms with van der Waals surface area (Å²) in [4.78, 5) is 84.1. The zero-order valence-electron chi connectivity index (χ0n) is 36.2. The molecule has 0 saturated carbocycles. The first-order valence-electron chi connectivity index (χ1n) is 21.2. The lowest BCUT2D eigenvalue weighted by Gasteiger charge is -2.35. The Morgan fingerprint density at radius 1 is 0.694 bits per heavy atom. The van der Waals surface area contributed by atoms with Gasteiger partial charge in [-0.2, -0.15) is 0 Å². The maximum Gasteiger partial charge on any atom is 0.407 e. The van der Waals surface area contributed by atoms with Crippen molar-refractivity contribution in [3.63, 3.8) is 0 Å². The zero-order chi connectivity index (χ0) is 44.4. The van der Waals surface area contributed by atoms with Gasteiger partial charge in [0.1, 0.15) is 24.2 Å². The molecule has 332 valence electrons. The van der Waals surface area contributed by atoms with E-state index < -0.39 is 41.8 Å². The van der Waals surface area contributed by atoms with E-state index in [0.717, 1.165) is 16.8 Å². The van der Waals surface area contributed by atoms with Crippen LogP contribution in [0.25, 0.3) is 0 Å². The van der Waals surface area contributed by atoms with Gasteiger partial charge in [-0.25, -0.2) is 9.59 Å². The molecular formula is C46H59N7O9. The first-order valence-corrected chi connectivity index (χ1v) is 21.2. The van der Waals surface area contributed by atoms with Gasteiger partial charge in [-0.3, -0.25) is 19.2 Å². The van der Waals surface area contributed by atoms with Gasteiger partial charge in [-0.15, -0.1) is 0 Å². The molecule has 0 aliphatic carbocycles. The number of carbonyl (C=O) groups excluding carboxylic acids is 6. The Labute approximate surface area is 363 Å². The molecule has 3 saturated heterocycles. The number of nitrogens with zero attached hydrogens (tertiary/aromatic N) is 3. The lowest BCUT2D eigenvalue weighted by molar-refractivity contribution is -0.140. The molecule has 0 aromatic heterocycles. The van der Waals surface area contributed by atoms with Crippen LogP contribution in [-0.4, -0.2) is 110 Å². The molecule has 3 heterocycles. The van der Waals surface area contributed by atoms with Crippen LogP contribution < -0.4 is 26.2 Å². The van der Waals surface area contributed by atoms with Crippen LogP contribution in [0.2, 0.25) is 0 Å². The van der Waals surface area contributed by atoms with Crippen molar-refractivity contribution in [3.05, 3.63) is 90.0 Å². The fraction of sp³-hybridized carbons (Fsp3) is 0.478. The second-order valence-corrected chi connectivity index (χ2v) is 17.1. The van der Waals surface area contributed by atoms with Crippen LogP contribution in [0.15, 0.2) is 78.9 Å². The molecular weight excluding hydrogens is 795 g/mol. The maximum atomic E-state index is 13.7. The Morgan fingerprint density at radius 2 is 1.19 bits per heavy atom. The summed E-state index contributed by atoms with van der Waals surface area (Å²) in [5.41, 5.74) is 3.63. The van der Waals surface area contributed by atoms with Crippen LogP contribution in [0.1, 0.15) is 64.0 Å². The number of rotatable bonds is 14. The highest BCUT2D eigenvalue weighted by Crippen LogP contribution is 2.29. The number of alkyl carbamates (subject to hydrolysis) is 2. The third-order valence-electron chi connectivity index (χ3n) is 11.7. The second kappa shape index (κ2) is 20.6. The van der Waals surface area contributed by atoms with Gasteiger partial charge in [0.05, 0.1) is 20.8 Å². The van der Waals surface area contributed by atoms with E-state index in [4.69, 9.17) is 14.2 Å². The molecule has 0 spiro atoms. The third-order valence-corrected chi connectivity index (χ3v) is 11.7. The molecule has 5 atom stereocenters. The van der Waals surface area contributed by atoms with Gasteiger partial charge < -0.3 is 50.2 Å². The van der Waals surface area contributed by atoms with Crippen molar-refractivity contribution in [2.24, 2.45) is 11.3 Å². The Kier molecular flexibility index (Phi) is 15.1. The molecule has 3 aliphatic rings. The van der Waals surface area contributed by atoms with E-state index in [-0.39, 0.29) is 29.5 Å². The topological polar surface area (TPSA) is 188 Å². The fourth-order valence-electron chi connectivity index (χ4n) is 8.31. The molecule has 3 aromatic rings. The molecule has 16 nitrogen and oxygen atoms in total.